The maximum absolute atomic E-state index is 12.0. The molecule has 1 aromatic carbocycles. The van der Waals surface area contributed by atoms with Crippen molar-refractivity contribution in [3.8, 4) is 5.75 Å². The quantitative estimate of drug-likeness (QED) is 0.779. The standard InChI is InChI=1S/C13H17N3O2/c17-13(16-8-6-14-7-9-16)18-12-3-1-2-11-10(12)4-5-15-11/h1-3,14-15H,4-9H2. The third-order valence-electron chi connectivity index (χ3n) is 3.40. The van der Waals surface area contributed by atoms with Gasteiger partial charge in [0.2, 0.25) is 0 Å². The first-order valence-electron chi connectivity index (χ1n) is 6.38. The highest BCUT2D eigenvalue weighted by Gasteiger charge is 2.21. The molecule has 0 aromatic heterocycles. The number of anilines is 1. The highest BCUT2D eigenvalue weighted by molar-refractivity contribution is 5.73. The number of nitrogens with one attached hydrogen (secondary N) is 2. The maximum atomic E-state index is 12.0. The van der Waals surface area contributed by atoms with Gasteiger partial charge in [-0.1, -0.05) is 6.07 Å². The van der Waals surface area contributed by atoms with E-state index < -0.39 is 0 Å². The van der Waals surface area contributed by atoms with Crippen LogP contribution in [-0.2, 0) is 6.42 Å². The molecule has 2 N–H and O–H groups in total. The number of piperazine rings is 1. The Hall–Kier alpha value is -1.75. The molecule has 1 saturated heterocycles. The first-order valence-corrected chi connectivity index (χ1v) is 6.38. The molecule has 1 fully saturated rings. The Balaban J connectivity index is 1.72. The first-order chi connectivity index (χ1) is 8.84. The van der Waals surface area contributed by atoms with Crippen molar-refractivity contribution < 1.29 is 9.53 Å². The summed E-state index contributed by atoms with van der Waals surface area (Å²) >= 11 is 0. The molecule has 2 heterocycles. The lowest BCUT2D eigenvalue weighted by atomic mass is 10.1. The van der Waals surface area contributed by atoms with Gasteiger partial charge in [-0.25, -0.2) is 4.79 Å². The van der Waals surface area contributed by atoms with E-state index in [0.717, 1.165) is 37.3 Å². The predicted octanol–water partition coefficient (Wildman–Crippen LogP) is 1.06. The van der Waals surface area contributed by atoms with Crippen molar-refractivity contribution >= 4 is 11.8 Å². The van der Waals surface area contributed by atoms with Crippen LogP contribution in [0.5, 0.6) is 5.75 Å². The number of ether oxygens (including phenoxy) is 1. The molecular formula is C13H17N3O2. The summed E-state index contributed by atoms with van der Waals surface area (Å²) in [6.07, 6.45) is 0.678. The number of hydrogen-bond donors (Lipinski definition) is 2. The second kappa shape index (κ2) is 4.86. The Kier molecular flexibility index (Phi) is 3.06. The van der Waals surface area contributed by atoms with Crippen molar-refractivity contribution in [2.45, 2.75) is 6.42 Å². The number of carbonyl (C=O) groups is 1. The lowest BCUT2D eigenvalue weighted by molar-refractivity contribution is 0.145. The zero-order chi connectivity index (χ0) is 12.4. The minimum absolute atomic E-state index is 0.239. The summed E-state index contributed by atoms with van der Waals surface area (Å²) in [5, 5.41) is 6.49. The molecule has 0 radical (unpaired) electrons. The molecule has 0 saturated carbocycles. The SMILES string of the molecule is O=C(Oc1cccc2c1CCN2)N1CCNCC1. The van der Waals surface area contributed by atoms with Gasteiger partial charge in [0, 0.05) is 44.0 Å². The number of amides is 1. The summed E-state index contributed by atoms with van der Waals surface area (Å²) in [6.45, 7) is 4.02. The number of rotatable bonds is 1. The summed E-state index contributed by atoms with van der Waals surface area (Å²) in [7, 11) is 0. The largest absolute Gasteiger partial charge is 0.415 e. The minimum atomic E-state index is -0.239. The van der Waals surface area contributed by atoms with Crippen LogP contribution in [0.4, 0.5) is 10.5 Å². The van der Waals surface area contributed by atoms with Crippen molar-refractivity contribution in [1.82, 2.24) is 10.2 Å². The maximum Gasteiger partial charge on any atom is 0.415 e. The summed E-state index contributed by atoms with van der Waals surface area (Å²) in [5.41, 5.74) is 2.20. The molecule has 5 nitrogen and oxygen atoms in total. The smallest absolute Gasteiger partial charge is 0.410 e. The van der Waals surface area contributed by atoms with Crippen LogP contribution in [0.25, 0.3) is 0 Å². The molecule has 18 heavy (non-hydrogen) atoms. The molecule has 1 amide bonds. The van der Waals surface area contributed by atoms with Gasteiger partial charge >= 0.3 is 6.09 Å². The predicted molar refractivity (Wildman–Crippen MR) is 69.1 cm³/mol. The van der Waals surface area contributed by atoms with Gasteiger partial charge < -0.3 is 20.3 Å². The van der Waals surface area contributed by atoms with E-state index in [1.807, 2.05) is 18.2 Å². The Morgan fingerprint density at radius 3 is 2.89 bits per heavy atom. The lowest BCUT2D eigenvalue weighted by Gasteiger charge is -2.26. The van der Waals surface area contributed by atoms with E-state index in [-0.39, 0.29) is 6.09 Å². The average molecular weight is 247 g/mol. The fraction of sp³-hybridized carbons (Fsp3) is 0.462. The molecule has 0 atom stereocenters. The lowest BCUT2D eigenvalue weighted by Crippen LogP contribution is -2.47. The monoisotopic (exact) mass is 247 g/mol. The first kappa shape index (κ1) is 11.3. The van der Waals surface area contributed by atoms with Crippen molar-refractivity contribution in [2.24, 2.45) is 0 Å². The van der Waals surface area contributed by atoms with Gasteiger partial charge in [0.15, 0.2) is 0 Å². The van der Waals surface area contributed by atoms with Gasteiger partial charge in [0.1, 0.15) is 5.75 Å². The van der Waals surface area contributed by atoms with Crippen molar-refractivity contribution in [3.63, 3.8) is 0 Å². The molecule has 0 unspecified atom stereocenters. The fourth-order valence-corrected chi connectivity index (χ4v) is 2.41. The van der Waals surface area contributed by atoms with Crippen LogP contribution in [0.2, 0.25) is 0 Å². The van der Waals surface area contributed by atoms with E-state index in [2.05, 4.69) is 10.6 Å². The van der Waals surface area contributed by atoms with E-state index in [1.165, 1.54) is 0 Å². The molecule has 96 valence electrons. The van der Waals surface area contributed by atoms with Gasteiger partial charge in [-0.05, 0) is 18.6 Å². The van der Waals surface area contributed by atoms with Gasteiger partial charge in [-0.3, -0.25) is 0 Å². The molecule has 3 rings (SSSR count). The Labute approximate surface area is 106 Å². The second-order valence-corrected chi connectivity index (χ2v) is 4.56. The third-order valence-corrected chi connectivity index (χ3v) is 3.40. The molecule has 1 aromatic rings. The van der Waals surface area contributed by atoms with Gasteiger partial charge in [-0.15, -0.1) is 0 Å². The zero-order valence-electron chi connectivity index (χ0n) is 10.2. The van der Waals surface area contributed by atoms with Crippen molar-refractivity contribution in [3.05, 3.63) is 23.8 Å². The molecule has 2 aliphatic rings. The normalized spacial score (nSPS) is 18.1. The van der Waals surface area contributed by atoms with Crippen LogP contribution >= 0.6 is 0 Å². The zero-order valence-corrected chi connectivity index (χ0v) is 10.2. The second-order valence-electron chi connectivity index (χ2n) is 4.56. The number of carbonyl (C=O) groups excluding carboxylic acids is 1. The molecule has 5 heteroatoms. The van der Waals surface area contributed by atoms with E-state index in [1.54, 1.807) is 4.90 Å². The molecule has 2 aliphatic heterocycles. The highest BCUT2D eigenvalue weighted by Crippen LogP contribution is 2.31. The van der Waals surface area contributed by atoms with Crippen LogP contribution in [0.1, 0.15) is 5.56 Å². The highest BCUT2D eigenvalue weighted by atomic mass is 16.6. The Bertz CT molecular complexity index is 456. The number of nitrogens with zero attached hydrogens (tertiary/aromatic N) is 1. The summed E-state index contributed by atoms with van der Waals surface area (Å²) in [5.74, 6) is 0.695. The van der Waals surface area contributed by atoms with Crippen LogP contribution in [0, 0.1) is 0 Å². The van der Waals surface area contributed by atoms with Crippen molar-refractivity contribution in [2.75, 3.05) is 38.0 Å². The fourth-order valence-electron chi connectivity index (χ4n) is 2.41. The van der Waals surface area contributed by atoms with Crippen LogP contribution in [-0.4, -0.2) is 43.7 Å². The van der Waals surface area contributed by atoms with E-state index in [4.69, 9.17) is 4.74 Å². The van der Waals surface area contributed by atoms with E-state index >= 15 is 0 Å². The summed E-state index contributed by atoms with van der Waals surface area (Å²) in [6, 6.07) is 5.80. The van der Waals surface area contributed by atoms with E-state index in [0.29, 0.717) is 18.8 Å². The number of benzene rings is 1. The topological polar surface area (TPSA) is 53.6 Å². The van der Waals surface area contributed by atoms with Crippen LogP contribution in [0.15, 0.2) is 18.2 Å². The van der Waals surface area contributed by atoms with Crippen molar-refractivity contribution in [1.29, 1.82) is 0 Å². The number of fused-ring (bicyclic) bond motifs is 1. The van der Waals surface area contributed by atoms with Gasteiger partial charge in [0.25, 0.3) is 0 Å². The van der Waals surface area contributed by atoms with Gasteiger partial charge in [0.05, 0.1) is 0 Å². The van der Waals surface area contributed by atoms with Gasteiger partial charge in [-0.2, -0.15) is 0 Å². The molecule has 0 spiro atoms. The summed E-state index contributed by atoms with van der Waals surface area (Å²) in [4.78, 5) is 13.8. The van der Waals surface area contributed by atoms with E-state index in [9.17, 15) is 4.79 Å². The summed E-state index contributed by atoms with van der Waals surface area (Å²) < 4.78 is 5.52. The number of hydrogen-bond acceptors (Lipinski definition) is 4. The molecule has 0 bridgehead atoms. The average Bonchev–Trinajstić information content (AvgIpc) is 2.89. The third kappa shape index (κ3) is 2.13. The van der Waals surface area contributed by atoms with Crippen LogP contribution < -0.4 is 15.4 Å². The molecular weight excluding hydrogens is 230 g/mol. The Morgan fingerprint density at radius 2 is 2.06 bits per heavy atom. The minimum Gasteiger partial charge on any atom is -0.410 e. The van der Waals surface area contributed by atoms with Crippen LogP contribution in [0.3, 0.4) is 0 Å². The molecule has 0 aliphatic carbocycles. The Morgan fingerprint density at radius 1 is 1.22 bits per heavy atom.